The molecule has 1 aliphatic rings. The fourth-order valence-electron chi connectivity index (χ4n) is 2.59. The Balaban J connectivity index is 1.79. The fraction of sp³-hybridized carbons (Fsp3) is 0.533. The van der Waals surface area contributed by atoms with Crippen molar-refractivity contribution in [3.05, 3.63) is 35.9 Å². The van der Waals surface area contributed by atoms with E-state index >= 15 is 0 Å². The minimum Gasteiger partial charge on any atom is -0.481 e. The van der Waals surface area contributed by atoms with Gasteiger partial charge in [-0.2, -0.15) is 0 Å². The molecule has 0 aliphatic carbocycles. The standard InChI is InChI=1S/C15H21NO2/c1-12(7-8-13-5-3-2-4-6-13)16-10-9-14(11-16)15(17)18/h2-6,12,14H,7-11H2,1H3,(H,17,18). The van der Waals surface area contributed by atoms with Gasteiger partial charge in [0.15, 0.2) is 0 Å². The van der Waals surface area contributed by atoms with Crippen LogP contribution < -0.4 is 0 Å². The summed E-state index contributed by atoms with van der Waals surface area (Å²) in [5.74, 6) is -0.808. The Hall–Kier alpha value is -1.35. The second kappa shape index (κ2) is 6.01. The molecule has 1 aliphatic heterocycles. The Morgan fingerprint density at radius 2 is 2.17 bits per heavy atom. The van der Waals surface area contributed by atoms with Crippen LogP contribution in [0.5, 0.6) is 0 Å². The minimum atomic E-state index is -0.646. The highest BCUT2D eigenvalue weighted by Gasteiger charge is 2.30. The van der Waals surface area contributed by atoms with Gasteiger partial charge in [0.2, 0.25) is 0 Å². The van der Waals surface area contributed by atoms with E-state index in [0.717, 1.165) is 25.8 Å². The van der Waals surface area contributed by atoms with E-state index in [4.69, 9.17) is 5.11 Å². The molecule has 0 aromatic heterocycles. The summed E-state index contributed by atoms with van der Waals surface area (Å²) in [5.41, 5.74) is 1.36. The Kier molecular flexibility index (Phi) is 4.37. The first-order valence-electron chi connectivity index (χ1n) is 6.67. The summed E-state index contributed by atoms with van der Waals surface area (Å²) in [4.78, 5) is 13.2. The average molecular weight is 247 g/mol. The molecule has 1 N–H and O–H groups in total. The van der Waals surface area contributed by atoms with Crippen LogP contribution in [0.3, 0.4) is 0 Å². The van der Waals surface area contributed by atoms with E-state index in [0.29, 0.717) is 12.6 Å². The molecule has 1 aromatic carbocycles. The maximum absolute atomic E-state index is 10.9. The van der Waals surface area contributed by atoms with Crippen molar-refractivity contribution in [1.82, 2.24) is 4.90 Å². The van der Waals surface area contributed by atoms with Gasteiger partial charge in [0, 0.05) is 12.6 Å². The quantitative estimate of drug-likeness (QED) is 0.868. The van der Waals surface area contributed by atoms with Crippen molar-refractivity contribution in [2.45, 2.75) is 32.2 Å². The molecule has 0 bridgehead atoms. The van der Waals surface area contributed by atoms with E-state index in [1.807, 2.05) is 6.07 Å². The largest absolute Gasteiger partial charge is 0.481 e. The molecule has 0 spiro atoms. The zero-order valence-corrected chi connectivity index (χ0v) is 10.9. The summed E-state index contributed by atoms with van der Waals surface area (Å²) in [6.45, 7) is 3.84. The van der Waals surface area contributed by atoms with Gasteiger partial charge in [0.05, 0.1) is 5.92 Å². The summed E-state index contributed by atoms with van der Waals surface area (Å²) >= 11 is 0. The number of hydrogen-bond acceptors (Lipinski definition) is 2. The lowest BCUT2D eigenvalue weighted by Gasteiger charge is -2.24. The summed E-state index contributed by atoms with van der Waals surface area (Å²) in [5, 5.41) is 8.99. The van der Waals surface area contributed by atoms with Gasteiger partial charge in [-0.05, 0) is 38.3 Å². The van der Waals surface area contributed by atoms with Gasteiger partial charge in [0.1, 0.15) is 0 Å². The van der Waals surface area contributed by atoms with Crippen LogP contribution in [0.4, 0.5) is 0 Å². The summed E-state index contributed by atoms with van der Waals surface area (Å²) in [6.07, 6.45) is 2.96. The third-order valence-electron chi connectivity index (χ3n) is 3.89. The number of benzene rings is 1. The van der Waals surface area contributed by atoms with Gasteiger partial charge in [0.25, 0.3) is 0 Å². The number of carboxylic acids is 1. The summed E-state index contributed by atoms with van der Waals surface area (Å²) in [7, 11) is 0. The van der Waals surface area contributed by atoms with Crippen LogP contribution in [0.1, 0.15) is 25.3 Å². The number of rotatable bonds is 5. The Morgan fingerprint density at radius 3 is 2.78 bits per heavy atom. The first-order chi connectivity index (χ1) is 8.66. The van der Waals surface area contributed by atoms with Crippen LogP contribution in [-0.2, 0) is 11.2 Å². The molecule has 2 unspecified atom stereocenters. The molecule has 0 amide bonds. The van der Waals surface area contributed by atoms with Gasteiger partial charge < -0.3 is 5.11 Å². The summed E-state index contributed by atoms with van der Waals surface area (Å²) in [6, 6.07) is 10.9. The molecular weight excluding hydrogens is 226 g/mol. The lowest BCUT2D eigenvalue weighted by Crippen LogP contribution is -2.32. The molecule has 3 nitrogen and oxygen atoms in total. The van der Waals surface area contributed by atoms with E-state index in [1.165, 1.54) is 5.56 Å². The molecule has 1 heterocycles. The Morgan fingerprint density at radius 1 is 1.44 bits per heavy atom. The number of likely N-dealkylation sites (tertiary alicyclic amines) is 1. The SMILES string of the molecule is CC(CCc1ccccc1)N1CCC(C(=O)O)C1. The van der Waals surface area contributed by atoms with E-state index in [2.05, 4.69) is 36.1 Å². The zero-order chi connectivity index (χ0) is 13.0. The topological polar surface area (TPSA) is 40.5 Å². The molecule has 0 radical (unpaired) electrons. The van der Waals surface area contributed by atoms with E-state index < -0.39 is 5.97 Å². The van der Waals surface area contributed by atoms with Crippen LogP contribution in [0.25, 0.3) is 0 Å². The summed E-state index contributed by atoms with van der Waals surface area (Å²) < 4.78 is 0. The predicted molar refractivity (Wildman–Crippen MR) is 71.5 cm³/mol. The van der Waals surface area contributed by atoms with Gasteiger partial charge in [-0.1, -0.05) is 30.3 Å². The molecule has 2 atom stereocenters. The maximum Gasteiger partial charge on any atom is 0.307 e. The lowest BCUT2D eigenvalue weighted by molar-refractivity contribution is -0.141. The molecule has 3 heteroatoms. The van der Waals surface area contributed by atoms with E-state index in [1.54, 1.807) is 0 Å². The number of hydrogen-bond donors (Lipinski definition) is 1. The molecular formula is C15H21NO2. The second-order valence-corrected chi connectivity index (χ2v) is 5.19. The van der Waals surface area contributed by atoms with Crippen LogP contribution >= 0.6 is 0 Å². The van der Waals surface area contributed by atoms with Crippen molar-refractivity contribution >= 4 is 5.97 Å². The average Bonchev–Trinajstić information content (AvgIpc) is 2.87. The molecule has 98 valence electrons. The highest BCUT2D eigenvalue weighted by molar-refractivity contribution is 5.70. The highest BCUT2D eigenvalue weighted by atomic mass is 16.4. The zero-order valence-electron chi connectivity index (χ0n) is 10.9. The van der Waals surface area contributed by atoms with Crippen LogP contribution in [0.2, 0.25) is 0 Å². The van der Waals surface area contributed by atoms with Crippen LogP contribution in [-0.4, -0.2) is 35.1 Å². The van der Waals surface area contributed by atoms with Gasteiger partial charge in [-0.15, -0.1) is 0 Å². The van der Waals surface area contributed by atoms with Crippen LogP contribution in [0, 0.1) is 5.92 Å². The third kappa shape index (κ3) is 3.33. The number of carboxylic acid groups (broad SMARTS) is 1. The van der Waals surface area contributed by atoms with E-state index in [-0.39, 0.29) is 5.92 Å². The van der Waals surface area contributed by atoms with Gasteiger partial charge in [-0.3, -0.25) is 9.69 Å². The molecule has 1 saturated heterocycles. The Bertz CT molecular complexity index is 391. The number of aliphatic carboxylic acids is 1. The van der Waals surface area contributed by atoms with Crippen molar-refractivity contribution in [1.29, 1.82) is 0 Å². The van der Waals surface area contributed by atoms with Crippen molar-refractivity contribution in [3.8, 4) is 0 Å². The minimum absolute atomic E-state index is 0.163. The van der Waals surface area contributed by atoms with Gasteiger partial charge >= 0.3 is 5.97 Å². The first kappa shape index (κ1) is 13.1. The molecule has 1 fully saturated rings. The van der Waals surface area contributed by atoms with Crippen molar-refractivity contribution < 1.29 is 9.90 Å². The molecule has 1 aromatic rings. The molecule has 2 rings (SSSR count). The number of carbonyl (C=O) groups is 1. The molecule has 18 heavy (non-hydrogen) atoms. The van der Waals surface area contributed by atoms with Gasteiger partial charge in [-0.25, -0.2) is 0 Å². The predicted octanol–water partition coefficient (Wildman–Crippen LogP) is 2.41. The van der Waals surface area contributed by atoms with Crippen molar-refractivity contribution in [2.75, 3.05) is 13.1 Å². The number of aryl methyl sites for hydroxylation is 1. The number of nitrogens with zero attached hydrogens (tertiary/aromatic N) is 1. The monoisotopic (exact) mass is 247 g/mol. The lowest BCUT2D eigenvalue weighted by atomic mass is 10.1. The maximum atomic E-state index is 10.9. The smallest absolute Gasteiger partial charge is 0.307 e. The normalized spacial score (nSPS) is 21.9. The van der Waals surface area contributed by atoms with E-state index in [9.17, 15) is 4.79 Å². The Labute approximate surface area is 108 Å². The van der Waals surface area contributed by atoms with Crippen LogP contribution in [0.15, 0.2) is 30.3 Å². The second-order valence-electron chi connectivity index (χ2n) is 5.19. The highest BCUT2D eigenvalue weighted by Crippen LogP contribution is 2.20. The van der Waals surface area contributed by atoms with Crippen molar-refractivity contribution in [3.63, 3.8) is 0 Å². The molecule has 0 saturated carbocycles. The third-order valence-corrected chi connectivity index (χ3v) is 3.89. The first-order valence-corrected chi connectivity index (χ1v) is 6.67. The fourth-order valence-corrected chi connectivity index (χ4v) is 2.59. The van der Waals surface area contributed by atoms with Crippen molar-refractivity contribution in [2.24, 2.45) is 5.92 Å².